The van der Waals surface area contributed by atoms with E-state index in [1.807, 2.05) is 0 Å². The molecular formula is C75H51N. The second-order valence-electron chi connectivity index (χ2n) is 20.6. The van der Waals surface area contributed by atoms with Gasteiger partial charge in [-0.25, -0.2) is 0 Å². The molecule has 1 heteroatoms. The van der Waals surface area contributed by atoms with E-state index in [1.165, 1.54) is 100 Å². The van der Waals surface area contributed by atoms with Gasteiger partial charge in [-0.15, -0.1) is 0 Å². The minimum Gasteiger partial charge on any atom is -0.310 e. The van der Waals surface area contributed by atoms with E-state index in [1.54, 1.807) is 0 Å². The average Bonchev–Trinajstić information content (AvgIpc) is 4.10. The van der Waals surface area contributed by atoms with Gasteiger partial charge in [0.15, 0.2) is 0 Å². The van der Waals surface area contributed by atoms with Crippen molar-refractivity contribution < 1.29 is 0 Å². The fraction of sp³-hybridized carbons (Fsp3) is 0.0400. The third-order valence-electron chi connectivity index (χ3n) is 17.1. The zero-order valence-electron chi connectivity index (χ0n) is 41.9. The first-order chi connectivity index (χ1) is 37.7. The Morgan fingerprint density at radius 1 is 0.197 bits per heavy atom. The van der Waals surface area contributed by atoms with Crippen LogP contribution in [0.4, 0.5) is 17.1 Å². The molecule has 0 amide bonds. The van der Waals surface area contributed by atoms with Crippen molar-refractivity contribution in [1.82, 2.24) is 0 Å². The second-order valence-corrected chi connectivity index (χ2v) is 20.6. The van der Waals surface area contributed by atoms with Crippen molar-refractivity contribution in [3.8, 4) is 33.4 Å². The quantitative estimate of drug-likeness (QED) is 0.139. The molecule has 0 saturated heterocycles. The van der Waals surface area contributed by atoms with Gasteiger partial charge >= 0.3 is 0 Å². The Labute approximate surface area is 445 Å². The Balaban J connectivity index is 1.02. The maximum atomic E-state index is 2.56. The highest BCUT2D eigenvalue weighted by Crippen LogP contribution is 2.62. The molecule has 3 aliphatic rings. The average molecular weight is 966 g/mol. The molecule has 0 bridgehead atoms. The summed E-state index contributed by atoms with van der Waals surface area (Å²) in [7, 11) is 0. The van der Waals surface area contributed by atoms with Gasteiger partial charge in [0.25, 0.3) is 0 Å². The van der Waals surface area contributed by atoms with Gasteiger partial charge in [0.2, 0.25) is 0 Å². The summed E-state index contributed by atoms with van der Waals surface area (Å²) in [6, 6.07) is 116. The molecule has 1 nitrogen and oxygen atoms in total. The van der Waals surface area contributed by atoms with E-state index in [4.69, 9.17) is 0 Å². The van der Waals surface area contributed by atoms with Crippen LogP contribution in [0.25, 0.3) is 33.4 Å². The number of benzene rings is 12. The predicted octanol–water partition coefficient (Wildman–Crippen LogP) is 18.2. The van der Waals surface area contributed by atoms with Crippen LogP contribution in [0.1, 0.15) is 66.8 Å². The maximum Gasteiger partial charge on any atom is 0.0714 e. The fourth-order valence-corrected chi connectivity index (χ4v) is 14.2. The molecule has 0 fully saturated rings. The molecule has 12 aromatic carbocycles. The highest BCUT2D eigenvalue weighted by atomic mass is 15.1. The van der Waals surface area contributed by atoms with Crippen LogP contribution in [0.5, 0.6) is 0 Å². The summed E-state index contributed by atoms with van der Waals surface area (Å²) in [5.41, 5.74) is 24.4. The van der Waals surface area contributed by atoms with Gasteiger partial charge in [-0.05, 0) is 125 Å². The summed E-state index contributed by atoms with van der Waals surface area (Å²) in [6.45, 7) is 0. The summed E-state index contributed by atoms with van der Waals surface area (Å²) in [4.78, 5) is 2.56. The number of rotatable bonds is 9. The van der Waals surface area contributed by atoms with Gasteiger partial charge in [0.05, 0.1) is 21.9 Å². The lowest BCUT2D eigenvalue weighted by molar-refractivity contribution is 0.767. The molecule has 0 saturated carbocycles. The van der Waals surface area contributed by atoms with Crippen LogP contribution >= 0.6 is 0 Å². The van der Waals surface area contributed by atoms with Crippen LogP contribution in [0.3, 0.4) is 0 Å². The van der Waals surface area contributed by atoms with Crippen LogP contribution in [0.2, 0.25) is 0 Å². The Morgan fingerprint density at radius 3 is 0.934 bits per heavy atom. The molecule has 15 rings (SSSR count). The molecule has 0 atom stereocenters. The zero-order chi connectivity index (χ0) is 50.3. The van der Waals surface area contributed by atoms with Crippen molar-refractivity contribution in [3.63, 3.8) is 0 Å². The number of hydrogen-bond acceptors (Lipinski definition) is 1. The Hall–Kier alpha value is -9.56. The van der Waals surface area contributed by atoms with Crippen LogP contribution in [0.15, 0.2) is 309 Å². The molecular weight excluding hydrogens is 915 g/mol. The summed E-state index contributed by atoms with van der Waals surface area (Å²) in [5.74, 6) is 0. The van der Waals surface area contributed by atoms with Crippen LogP contribution in [-0.2, 0) is 16.2 Å². The van der Waals surface area contributed by atoms with Crippen molar-refractivity contribution >= 4 is 17.1 Å². The standard InChI is InChI=1S/C75H51N/c1-6-25-52(26-7-1)73(65-39-20-16-35-60(65)61-36-17-21-40-66(61)73)57-45-47-58(48-46-57)76(59-49-50-63-62-37-18-22-41-67(62)75(70(63)51-59,55-31-12-4-13-32-55)56-33-14-5-15-34-56)71-44-24-43-69-72(71)64-38-19-23-42-68(64)74(69,53-27-8-2-9-28-53)54-29-10-3-11-30-54/h1-51H. The topological polar surface area (TPSA) is 3.24 Å². The van der Waals surface area contributed by atoms with E-state index >= 15 is 0 Å². The lowest BCUT2D eigenvalue weighted by Gasteiger charge is -2.36. The van der Waals surface area contributed by atoms with E-state index in [0.29, 0.717) is 0 Å². The van der Waals surface area contributed by atoms with Gasteiger partial charge in [-0.2, -0.15) is 0 Å². The van der Waals surface area contributed by atoms with Gasteiger partial charge < -0.3 is 4.90 Å². The molecule has 0 spiro atoms. The normalized spacial score (nSPS) is 14.4. The van der Waals surface area contributed by atoms with Crippen molar-refractivity contribution in [2.24, 2.45) is 0 Å². The molecule has 0 heterocycles. The van der Waals surface area contributed by atoms with Gasteiger partial charge in [-0.3, -0.25) is 0 Å². The minimum absolute atomic E-state index is 0.528. The van der Waals surface area contributed by atoms with E-state index in [-0.39, 0.29) is 0 Å². The summed E-state index contributed by atoms with van der Waals surface area (Å²) >= 11 is 0. The molecule has 76 heavy (non-hydrogen) atoms. The van der Waals surface area contributed by atoms with Crippen LogP contribution in [0, 0.1) is 0 Å². The number of nitrogens with zero attached hydrogens (tertiary/aromatic N) is 1. The molecule has 0 N–H and O–H groups in total. The molecule has 0 aromatic heterocycles. The molecule has 3 aliphatic carbocycles. The third-order valence-corrected chi connectivity index (χ3v) is 17.1. The summed E-state index contributed by atoms with van der Waals surface area (Å²) in [6.07, 6.45) is 0. The monoisotopic (exact) mass is 965 g/mol. The van der Waals surface area contributed by atoms with E-state index in [0.717, 1.165) is 17.1 Å². The van der Waals surface area contributed by atoms with Gasteiger partial charge in [0, 0.05) is 16.9 Å². The lowest BCUT2D eigenvalue weighted by atomic mass is 9.67. The first-order valence-corrected chi connectivity index (χ1v) is 26.6. The molecule has 356 valence electrons. The summed E-state index contributed by atoms with van der Waals surface area (Å²) in [5, 5.41) is 0. The van der Waals surface area contributed by atoms with Crippen molar-refractivity contribution in [2.75, 3.05) is 4.90 Å². The van der Waals surface area contributed by atoms with Gasteiger partial charge in [-0.1, -0.05) is 279 Å². The van der Waals surface area contributed by atoms with E-state index in [2.05, 4.69) is 314 Å². The number of fused-ring (bicyclic) bond motifs is 9. The van der Waals surface area contributed by atoms with E-state index < -0.39 is 16.2 Å². The molecule has 0 aliphatic heterocycles. The first kappa shape index (κ1) is 44.0. The third kappa shape index (κ3) is 6.03. The highest BCUT2D eigenvalue weighted by molar-refractivity contribution is 5.99. The molecule has 12 aromatic rings. The van der Waals surface area contributed by atoms with E-state index in [9.17, 15) is 0 Å². The second kappa shape index (κ2) is 17.3. The fourth-order valence-electron chi connectivity index (χ4n) is 14.2. The maximum absolute atomic E-state index is 2.56. The zero-order valence-corrected chi connectivity index (χ0v) is 41.9. The molecule has 0 radical (unpaired) electrons. The smallest absolute Gasteiger partial charge is 0.0714 e. The number of hydrogen-bond donors (Lipinski definition) is 0. The van der Waals surface area contributed by atoms with Gasteiger partial charge in [0.1, 0.15) is 0 Å². The van der Waals surface area contributed by atoms with Crippen molar-refractivity contribution in [2.45, 2.75) is 16.2 Å². The van der Waals surface area contributed by atoms with Crippen LogP contribution < -0.4 is 4.90 Å². The van der Waals surface area contributed by atoms with Crippen molar-refractivity contribution in [1.29, 1.82) is 0 Å². The molecule has 0 unspecified atom stereocenters. The predicted molar refractivity (Wildman–Crippen MR) is 313 cm³/mol. The van der Waals surface area contributed by atoms with Crippen LogP contribution in [-0.4, -0.2) is 0 Å². The highest BCUT2D eigenvalue weighted by Gasteiger charge is 2.50. The SMILES string of the molecule is c1ccc(C2(c3ccc(N(c4ccc5c(c4)C(c4ccccc4)(c4ccccc4)c4ccccc4-5)c4cccc5c4-c4ccccc4C5(c4ccccc4)c4ccccc4)cc3)c3ccccc3-c3ccccc32)cc1. The Morgan fingerprint density at radius 2 is 0.500 bits per heavy atom. The largest absolute Gasteiger partial charge is 0.310 e. The minimum atomic E-state index is -0.577. The number of anilines is 3. The Bertz CT molecular complexity index is 4020. The first-order valence-electron chi connectivity index (χ1n) is 26.6. The lowest BCUT2D eigenvalue weighted by Crippen LogP contribution is -2.29. The van der Waals surface area contributed by atoms with Crippen molar-refractivity contribution in [3.05, 3.63) is 376 Å². The Kier molecular flexibility index (Phi) is 9.99. The summed E-state index contributed by atoms with van der Waals surface area (Å²) < 4.78 is 0.